The van der Waals surface area contributed by atoms with E-state index in [0.717, 1.165) is 18.1 Å². The van der Waals surface area contributed by atoms with Gasteiger partial charge in [-0.3, -0.25) is 4.99 Å². The van der Waals surface area contributed by atoms with Crippen LogP contribution in [0.2, 0.25) is 0 Å². The topological polar surface area (TPSA) is 24.4 Å². The molecule has 0 aromatic heterocycles. The predicted octanol–water partition coefficient (Wildman–Crippen LogP) is 3.61. The number of aryl methyl sites for hydroxylation is 1. The van der Waals surface area contributed by atoms with E-state index in [1.165, 1.54) is 29.7 Å². The lowest BCUT2D eigenvalue weighted by Gasteiger charge is -2.24. The molecular weight excluding hydrogens is 240 g/mol. The van der Waals surface area contributed by atoms with Crippen molar-refractivity contribution in [2.45, 2.75) is 45.7 Å². The van der Waals surface area contributed by atoms with Crippen LogP contribution in [0, 0.1) is 0 Å². The fourth-order valence-corrected chi connectivity index (χ4v) is 3.20. The maximum atomic E-state index is 4.73. The summed E-state index contributed by atoms with van der Waals surface area (Å²) in [5, 5.41) is 4.65. The van der Waals surface area contributed by atoms with E-state index in [1.807, 2.05) is 11.8 Å². The molecule has 2 nitrogen and oxygen atoms in total. The highest BCUT2D eigenvalue weighted by molar-refractivity contribution is 8.13. The predicted molar refractivity (Wildman–Crippen MR) is 81.2 cm³/mol. The highest BCUT2D eigenvalue weighted by Crippen LogP contribution is 2.17. The third-order valence-corrected chi connectivity index (χ3v) is 4.38. The van der Waals surface area contributed by atoms with Gasteiger partial charge in [-0.2, -0.15) is 0 Å². The number of thioether (sulfide) groups is 1. The summed E-state index contributed by atoms with van der Waals surface area (Å²) in [6, 6.07) is 9.21. The van der Waals surface area contributed by atoms with Gasteiger partial charge in [0.05, 0.1) is 6.54 Å². The number of nitrogens with one attached hydrogen (secondary N) is 1. The van der Waals surface area contributed by atoms with Gasteiger partial charge in [0.25, 0.3) is 0 Å². The van der Waals surface area contributed by atoms with Crippen LogP contribution in [0.3, 0.4) is 0 Å². The quantitative estimate of drug-likeness (QED) is 0.896. The molecule has 0 spiro atoms. The van der Waals surface area contributed by atoms with Crippen LogP contribution in [0.15, 0.2) is 29.3 Å². The minimum absolute atomic E-state index is 0.617. The van der Waals surface area contributed by atoms with E-state index in [-0.39, 0.29) is 0 Å². The average molecular weight is 262 g/mol. The van der Waals surface area contributed by atoms with Crippen molar-refractivity contribution in [3.63, 3.8) is 0 Å². The molecule has 1 aliphatic heterocycles. The Kier molecular flexibility index (Phi) is 5.12. The number of benzene rings is 1. The summed E-state index contributed by atoms with van der Waals surface area (Å²) in [6.07, 6.45) is 3.52. The van der Waals surface area contributed by atoms with E-state index >= 15 is 0 Å². The van der Waals surface area contributed by atoms with E-state index in [2.05, 4.69) is 43.4 Å². The van der Waals surface area contributed by atoms with Crippen molar-refractivity contribution in [2.24, 2.45) is 4.99 Å². The van der Waals surface area contributed by atoms with E-state index in [4.69, 9.17) is 4.99 Å². The fraction of sp³-hybridized carbons (Fsp3) is 0.533. The molecule has 0 amide bonds. The van der Waals surface area contributed by atoms with Crippen molar-refractivity contribution in [3.8, 4) is 0 Å². The van der Waals surface area contributed by atoms with Crippen LogP contribution in [0.25, 0.3) is 0 Å². The molecule has 1 saturated heterocycles. The smallest absolute Gasteiger partial charge is 0.157 e. The number of hydrogen-bond donors (Lipinski definition) is 1. The monoisotopic (exact) mass is 262 g/mol. The van der Waals surface area contributed by atoms with Gasteiger partial charge in [0, 0.05) is 11.8 Å². The van der Waals surface area contributed by atoms with E-state index < -0.39 is 0 Å². The largest absolute Gasteiger partial charge is 0.362 e. The minimum atomic E-state index is 0.617. The molecule has 1 fully saturated rings. The summed E-state index contributed by atoms with van der Waals surface area (Å²) < 4.78 is 0. The second kappa shape index (κ2) is 6.83. The average Bonchev–Trinajstić information content (AvgIpc) is 2.45. The van der Waals surface area contributed by atoms with Crippen molar-refractivity contribution in [1.29, 1.82) is 0 Å². The van der Waals surface area contributed by atoms with Crippen molar-refractivity contribution in [2.75, 3.05) is 5.75 Å². The molecular formula is C15H22N2S. The highest BCUT2D eigenvalue weighted by atomic mass is 32.2. The summed E-state index contributed by atoms with van der Waals surface area (Å²) in [7, 11) is 0. The van der Waals surface area contributed by atoms with Crippen LogP contribution in [-0.2, 0) is 13.0 Å². The van der Waals surface area contributed by atoms with Gasteiger partial charge in [-0.1, -0.05) is 49.9 Å². The van der Waals surface area contributed by atoms with Crippen molar-refractivity contribution in [1.82, 2.24) is 5.32 Å². The van der Waals surface area contributed by atoms with Crippen LogP contribution < -0.4 is 5.32 Å². The number of nitrogens with zero attached hydrogens (tertiary/aromatic N) is 1. The fourth-order valence-electron chi connectivity index (χ4n) is 2.20. The molecule has 1 atom stereocenters. The highest BCUT2D eigenvalue weighted by Gasteiger charge is 2.15. The molecule has 0 saturated carbocycles. The van der Waals surface area contributed by atoms with Crippen LogP contribution in [-0.4, -0.2) is 17.0 Å². The molecule has 2 rings (SSSR count). The lowest BCUT2D eigenvalue weighted by Crippen LogP contribution is -2.37. The zero-order chi connectivity index (χ0) is 12.8. The Bertz CT molecular complexity index is 415. The van der Waals surface area contributed by atoms with Gasteiger partial charge in [0.1, 0.15) is 0 Å². The molecule has 1 aromatic rings. The number of rotatable bonds is 4. The standard InChI is InChI=1S/C15H22N2S/c1-3-12-7-5-6-8-13(12)11-16-15-17-14(4-2)9-10-18-15/h5-8,14H,3-4,9-11H2,1-2H3,(H,16,17). The van der Waals surface area contributed by atoms with Gasteiger partial charge in [-0.15, -0.1) is 0 Å². The summed E-state index contributed by atoms with van der Waals surface area (Å²) in [5.41, 5.74) is 2.77. The van der Waals surface area contributed by atoms with Gasteiger partial charge in [0.2, 0.25) is 0 Å². The summed E-state index contributed by atoms with van der Waals surface area (Å²) in [5.74, 6) is 1.19. The first-order chi connectivity index (χ1) is 8.83. The Morgan fingerprint density at radius 1 is 1.28 bits per heavy atom. The van der Waals surface area contributed by atoms with E-state index in [0.29, 0.717) is 6.04 Å². The maximum Gasteiger partial charge on any atom is 0.157 e. The van der Waals surface area contributed by atoms with Gasteiger partial charge in [0.15, 0.2) is 5.17 Å². The van der Waals surface area contributed by atoms with Crippen LogP contribution in [0.5, 0.6) is 0 Å². The Morgan fingerprint density at radius 2 is 2.06 bits per heavy atom. The molecule has 1 unspecified atom stereocenters. The Morgan fingerprint density at radius 3 is 2.78 bits per heavy atom. The number of aliphatic imine (C=N–C) groups is 1. The van der Waals surface area contributed by atoms with Crippen LogP contribution in [0.1, 0.15) is 37.8 Å². The number of amidine groups is 1. The molecule has 0 aliphatic carbocycles. The zero-order valence-electron chi connectivity index (χ0n) is 11.3. The summed E-state index contributed by atoms with van der Waals surface area (Å²) in [4.78, 5) is 4.73. The maximum absolute atomic E-state index is 4.73. The first-order valence-electron chi connectivity index (χ1n) is 6.84. The Balaban J connectivity index is 2.01. The van der Waals surface area contributed by atoms with Crippen LogP contribution in [0.4, 0.5) is 0 Å². The van der Waals surface area contributed by atoms with Crippen molar-refractivity contribution in [3.05, 3.63) is 35.4 Å². The molecule has 18 heavy (non-hydrogen) atoms. The lowest BCUT2D eigenvalue weighted by molar-refractivity contribution is 0.570. The molecule has 1 N–H and O–H groups in total. The van der Waals surface area contributed by atoms with Gasteiger partial charge in [-0.25, -0.2) is 0 Å². The van der Waals surface area contributed by atoms with Gasteiger partial charge < -0.3 is 5.32 Å². The normalized spacial score (nSPS) is 21.9. The third-order valence-electron chi connectivity index (χ3n) is 3.42. The Hall–Kier alpha value is -0.960. The lowest BCUT2D eigenvalue weighted by atomic mass is 10.1. The van der Waals surface area contributed by atoms with Crippen molar-refractivity contribution < 1.29 is 0 Å². The van der Waals surface area contributed by atoms with Crippen LogP contribution >= 0.6 is 11.8 Å². The SMILES string of the molecule is CCc1ccccc1CN=C1NC(CC)CCS1. The molecule has 1 aromatic carbocycles. The minimum Gasteiger partial charge on any atom is -0.362 e. The number of hydrogen-bond acceptors (Lipinski definition) is 2. The molecule has 0 bridgehead atoms. The molecule has 1 aliphatic rings. The first kappa shape index (κ1) is 13.5. The second-order valence-corrected chi connectivity index (χ2v) is 5.71. The Labute approximate surface area is 114 Å². The van der Waals surface area contributed by atoms with E-state index in [9.17, 15) is 0 Å². The van der Waals surface area contributed by atoms with Gasteiger partial charge >= 0.3 is 0 Å². The zero-order valence-corrected chi connectivity index (χ0v) is 12.1. The molecule has 3 heteroatoms. The van der Waals surface area contributed by atoms with E-state index in [1.54, 1.807) is 0 Å². The second-order valence-electron chi connectivity index (χ2n) is 4.63. The molecule has 98 valence electrons. The summed E-state index contributed by atoms with van der Waals surface area (Å²) >= 11 is 1.85. The molecule has 1 heterocycles. The molecule has 0 radical (unpaired) electrons. The van der Waals surface area contributed by atoms with Crippen molar-refractivity contribution >= 4 is 16.9 Å². The first-order valence-corrected chi connectivity index (χ1v) is 7.82. The summed E-state index contributed by atoms with van der Waals surface area (Å²) in [6.45, 7) is 5.24. The third kappa shape index (κ3) is 3.52. The van der Waals surface area contributed by atoms with Gasteiger partial charge in [-0.05, 0) is 30.4 Å².